The second kappa shape index (κ2) is 8.34. The van der Waals surface area contributed by atoms with E-state index in [4.69, 9.17) is 16.3 Å². The van der Waals surface area contributed by atoms with Crippen LogP contribution in [0.3, 0.4) is 0 Å². The number of aryl methyl sites for hydroxylation is 1. The summed E-state index contributed by atoms with van der Waals surface area (Å²) < 4.78 is 7.18. The quantitative estimate of drug-likeness (QED) is 0.835. The molecule has 1 aliphatic heterocycles. The molecule has 3 heterocycles. The molecule has 0 radical (unpaired) electrons. The van der Waals surface area contributed by atoms with Gasteiger partial charge in [0.15, 0.2) is 5.15 Å². The first-order chi connectivity index (χ1) is 13.2. The van der Waals surface area contributed by atoms with Crippen LogP contribution in [0.1, 0.15) is 33.6 Å². The molecule has 1 saturated heterocycles. The Morgan fingerprint density at radius 1 is 1.32 bits per heavy atom. The van der Waals surface area contributed by atoms with Crippen LogP contribution in [0.25, 0.3) is 11.4 Å². The molecule has 8 nitrogen and oxygen atoms in total. The molecule has 0 atom stereocenters. The molecule has 1 fully saturated rings. The summed E-state index contributed by atoms with van der Waals surface area (Å²) >= 11 is 6.04. The van der Waals surface area contributed by atoms with E-state index in [0.717, 1.165) is 30.8 Å². The number of piperidine rings is 1. The van der Waals surface area contributed by atoms with Crippen LogP contribution in [-0.2, 0) is 11.8 Å². The zero-order valence-electron chi connectivity index (χ0n) is 16.8. The number of hydrogen-bond donors (Lipinski definition) is 1. The molecule has 0 bridgehead atoms. The van der Waals surface area contributed by atoms with Gasteiger partial charge in [-0.15, -0.1) is 10.2 Å². The van der Waals surface area contributed by atoms with Gasteiger partial charge in [0.1, 0.15) is 17.0 Å². The monoisotopic (exact) mass is 406 g/mol. The summed E-state index contributed by atoms with van der Waals surface area (Å²) in [6.07, 6.45) is 3.46. The number of likely N-dealkylation sites (tertiary alicyclic amines) is 1. The minimum Gasteiger partial charge on any atom is -0.444 e. The Morgan fingerprint density at radius 2 is 2.04 bits per heavy atom. The summed E-state index contributed by atoms with van der Waals surface area (Å²) in [6.45, 7) is 7.81. The van der Waals surface area contributed by atoms with E-state index in [1.165, 1.54) is 0 Å². The van der Waals surface area contributed by atoms with Gasteiger partial charge >= 0.3 is 6.09 Å². The second-order valence-corrected chi connectivity index (χ2v) is 8.48. The molecule has 152 valence electrons. The largest absolute Gasteiger partial charge is 0.444 e. The van der Waals surface area contributed by atoms with Crippen molar-refractivity contribution >= 4 is 23.4 Å². The average Bonchev–Trinajstić information content (AvgIpc) is 3.05. The first-order valence-corrected chi connectivity index (χ1v) is 9.84. The maximum atomic E-state index is 12.2. The number of amides is 1. The molecule has 0 saturated carbocycles. The highest BCUT2D eigenvalue weighted by atomic mass is 35.5. The highest BCUT2D eigenvalue weighted by molar-refractivity contribution is 6.29. The van der Waals surface area contributed by atoms with Crippen molar-refractivity contribution in [3.63, 3.8) is 0 Å². The van der Waals surface area contributed by atoms with Gasteiger partial charge < -0.3 is 15.0 Å². The molecular weight excluding hydrogens is 380 g/mol. The number of halogens is 1. The molecule has 1 N–H and O–H groups in total. The number of carbonyl (C=O) groups is 1. The Labute approximate surface area is 170 Å². The number of nitrogens with zero attached hydrogens (tertiary/aromatic N) is 5. The molecule has 3 rings (SSSR count). The van der Waals surface area contributed by atoms with E-state index in [0.29, 0.717) is 29.9 Å². The van der Waals surface area contributed by atoms with Crippen molar-refractivity contribution in [2.24, 2.45) is 13.0 Å². The first-order valence-electron chi connectivity index (χ1n) is 9.46. The average molecular weight is 407 g/mol. The zero-order valence-corrected chi connectivity index (χ0v) is 17.5. The van der Waals surface area contributed by atoms with Crippen LogP contribution < -0.4 is 5.32 Å². The summed E-state index contributed by atoms with van der Waals surface area (Å²) in [6, 6.07) is 3.66. The lowest BCUT2D eigenvalue weighted by Gasteiger charge is -2.33. The standard InChI is InChI=1S/C19H27ClN6O2/c1-19(2,3)28-18(27)26-9-5-13(6-10-26)12-21-15-11-16(20)22-23-17(15)14-7-8-25(4)24-14/h7-8,11,13H,5-6,9-10,12H2,1-4H3,(H,21,22). The smallest absolute Gasteiger partial charge is 0.410 e. The number of hydrogen-bond acceptors (Lipinski definition) is 6. The summed E-state index contributed by atoms with van der Waals surface area (Å²) in [5, 5.41) is 16.3. The predicted octanol–water partition coefficient (Wildman–Crippen LogP) is 3.59. The Hall–Kier alpha value is -2.35. The summed E-state index contributed by atoms with van der Waals surface area (Å²) in [4.78, 5) is 14.0. The highest BCUT2D eigenvalue weighted by Crippen LogP contribution is 2.27. The van der Waals surface area contributed by atoms with Gasteiger partial charge in [0, 0.05) is 38.9 Å². The van der Waals surface area contributed by atoms with Crippen LogP contribution in [0.15, 0.2) is 18.3 Å². The van der Waals surface area contributed by atoms with E-state index in [1.54, 1.807) is 15.6 Å². The molecule has 1 aliphatic rings. The van der Waals surface area contributed by atoms with Crippen molar-refractivity contribution in [3.05, 3.63) is 23.5 Å². The fourth-order valence-electron chi connectivity index (χ4n) is 3.13. The molecule has 0 aliphatic carbocycles. The highest BCUT2D eigenvalue weighted by Gasteiger charge is 2.27. The third kappa shape index (κ3) is 5.34. The van der Waals surface area contributed by atoms with Gasteiger partial charge in [-0.25, -0.2) is 4.79 Å². The fourth-order valence-corrected chi connectivity index (χ4v) is 3.28. The summed E-state index contributed by atoms with van der Waals surface area (Å²) in [5.74, 6) is 0.446. The molecule has 28 heavy (non-hydrogen) atoms. The third-order valence-electron chi connectivity index (χ3n) is 4.57. The van der Waals surface area contributed by atoms with Crippen molar-refractivity contribution in [2.45, 2.75) is 39.2 Å². The maximum Gasteiger partial charge on any atom is 0.410 e. The van der Waals surface area contributed by atoms with Crippen molar-refractivity contribution in [1.29, 1.82) is 0 Å². The molecule has 0 spiro atoms. The van der Waals surface area contributed by atoms with E-state index in [-0.39, 0.29) is 6.09 Å². The molecule has 2 aromatic rings. The lowest BCUT2D eigenvalue weighted by Crippen LogP contribution is -2.42. The van der Waals surface area contributed by atoms with Gasteiger partial charge in [-0.3, -0.25) is 4.68 Å². The van der Waals surface area contributed by atoms with E-state index in [2.05, 4.69) is 20.6 Å². The maximum absolute atomic E-state index is 12.2. The predicted molar refractivity (Wildman–Crippen MR) is 108 cm³/mol. The van der Waals surface area contributed by atoms with Crippen LogP contribution in [0.2, 0.25) is 5.15 Å². The van der Waals surface area contributed by atoms with Crippen LogP contribution in [0, 0.1) is 5.92 Å². The summed E-state index contributed by atoms with van der Waals surface area (Å²) in [7, 11) is 1.86. The van der Waals surface area contributed by atoms with Crippen molar-refractivity contribution in [1.82, 2.24) is 24.9 Å². The van der Waals surface area contributed by atoms with Crippen LogP contribution in [-0.4, -0.2) is 56.2 Å². The van der Waals surface area contributed by atoms with Crippen LogP contribution >= 0.6 is 11.6 Å². The second-order valence-electron chi connectivity index (χ2n) is 8.10. The minimum absolute atomic E-state index is 0.235. The molecule has 0 aromatic carbocycles. The molecular formula is C19H27ClN6O2. The normalized spacial score (nSPS) is 15.5. The molecule has 2 aromatic heterocycles. The van der Waals surface area contributed by atoms with Gasteiger partial charge in [0.25, 0.3) is 0 Å². The number of rotatable bonds is 4. The Balaban J connectivity index is 1.57. The number of aromatic nitrogens is 4. The van der Waals surface area contributed by atoms with E-state index in [1.807, 2.05) is 40.1 Å². The lowest BCUT2D eigenvalue weighted by atomic mass is 9.97. The number of nitrogens with one attached hydrogen (secondary N) is 1. The molecule has 9 heteroatoms. The lowest BCUT2D eigenvalue weighted by molar-refractivity contribution is 0.0188. The van der Waals surface area contributed by atoms with Gasteiger partial charge in [0.2, 0.25) is 0 Å². The van der Waals surface area contributed by atoms with Crippen molar-refractivity contribution in [2.75, 3.05) is 25.0 Å². The van der Waals surface area contributed by atoms with Gasteiger partial charge in [-0.05, 0) is 45.6 Å². The number of carbonyl (C=O) groups excluding carboxylic acids is 1. The number of ether oxygens (including phenoxy) is 1. The van der Waals surface area contributed by atoms with Crippen LogP contribution in [0.4, 0.5) is 10.5 Å². The third-order valence-corrected chi connectivity index (χ3v) is 4.75. The van der Waals surface area contributed by atoms with Crippen LogP contribution in [0.5, 0.6) is 0 Å². The van der Waals surface area contributed by atoms with Crippen molar-refractivity contribution < 1.29 is 9.53 Å². The van der Waals surface area contributed by atoms with Gasteiger partial charge in [0.05, 0.1) is 5.69 Å². The molecule has 0 unspecified atom stereocenters. The Kier molecular flexibility index (Phi) is 6.07. The van der Waals surface area contributed by atoms with Gasteiger partial charge in [-0.1, -0.05) is 11.6 Å². The number of anilines is 1. The minimum atomic E-state index is -0.467. The van der Waals surface area contributed by atoms with E-state index in [9.17, 15) is 4.79 Å². The Morgan fingerprint density at radius 3 is 2.64 bits per heavy atom. The Bertz CT molecular complexity index is 824. The molecule has 1 amide bonds. The van der Waals surface area contributed by atoms with E-state index < -0.39 is 5.60 Å². The zero-order chi connectivity index (χ0) is 20.3. The summed E-state index contributed by atoms with van der Waals surface area (Å²) in [5.41, 5.74) is 1.77. The SMILES string of the molecule is Cn1ccc(-c2nnc(Cl)cc2NCC2CCN(C(=O)OC(C)(C)C)CC2)n1. The van der Waals surface area contributed by atoms with E-state index >= 15 is 0 Å². The topological polar surface area (TPSA) is 85.2 Å². The van der Waals surface area contributed by atoms with Crippen molar-refractivity contribution in [3.8, 4) is 11.4 Å². The fraction of sp³-hybridized carbons (Fsp3) is 0.579. The first kappa shape index (κ1) is 20.4. The van der Waals surface area contributed by atoms with Gasteiger partial charge in [-0.2, -0.15) is 5.10 Å².